The highest BCUT2D eigenvalue weighted by Crippen LogP contribution is 2.27. The Morgan fingerprint density at radius 1 is 1.06 bits per heavy atom. The van der Waals surface area contributed by atoms with Crippen molar-refractivity contribution < 1.29 is 24.2 Å². The molecule has 0 radical (unpaired) electrons. The average Bonchev–Trinajstić information content (AvgIpc) is 2.70. The Labute approximate surface area is 204 Å². The van der Waals surface area contributed by atoms with E-state index in [4.69, 9.17) is 4.74 Å². The number of ether oxygens (including phenoxy) is 1. The van der Waals surface area contributed by atoms with Gasteiger partial charge in [-0.2, -0.15) is 0 Å². The number of hydrogen-bond acceptors (Lipinski definition) is 5. The van der Waals surface area contributed by atoms with Crippen LogP contribution in [0.4, 0.5) is 4.79 Å². The number of amides is 3. The van der Waals surface area contributed by atoms with Crippen molar-refractivity contribution in [2.24, 2.45) is 5.92 Å². The second-order valence-corrected chi connectivity index (χ2v) is 10.1. The molecule has 0 aliphatic rings. The van der Waals surface area contributed by atoms with E-state index in [9.17, 15) is 19.5 Å². The predicted octanol–water partition coefficient (Wildman–Crippen LogP) is 4.53. The van der Waals surface area contributed by atoms with Gasteiger partial charge in [-0.3, -0.25) is 9.59 Å². The summed E-state index contributed by atoms with van der Waals surface area (Å²) in [7, 11) is 0. The van der Waals surface area contributed by atoms with Crippen LogP contribution in [0.25, 0.3) is 0 Å². The van der Waals surface area contributed by atoms with Crippen LogP contribution in [-0.4, -0.2) is 52.1 Å². The van der Waals surface area contributed by atoms with Gasteiger partial charge in [-0.05, 0) is 64.2 Å². The number of hydrogen-bond donors (Lipinski definition) is 3. The van der Waals surface area contributed by atoms with Crippen molar-refractivity contribution in [1.82, 2.24) is 15.5 Å². The number of carbonyl (C=O) groups is 3. The van der Waals surface area contributed by atoms with Crippen LogP contribution in [0.15, 0.2) is 24.3 Å². The molecule has 0 bridgehead atoms. The molecular formula is C26H43N3O5. The summed E-state index contributed by atoms with van der Waals surface area (Å²) in [5, 5.41) is 15.8. The molecule has 3 amide bonds. The molecule has 0 aromatic heterocycles. The number of carbonyl (C=O) groups excluding carboxylic acids is 3. The number of phenolic OH excluding ortho intramolecular Hbond substituents is 1. The highest BCUT2D eigenvalue weighted by Gasteiger charge is 2.37. The maximum absolute atomic E-state index is 13.8. The third-order valence-corrected chi connectivity index (χ3v) is 5.21. The highest BCUT2D eigenvalue weighted by atomic mass is 16.6. The molecule has 0 saturated carbocycles. The van der Waals surface area contributed by atoms with E-state index in [1.54, 1.807) is 32.9 Å². The maximum Gasteiger partial charge on any atom is 0.408 e. The fourth-order valence-corrected chi connectivity index (χ4v) is 3.73. The van der Waals surface area contributed by atoms with Crippen LogP contribution in [0.1, 0.15) is 86.3 Å². The minimum atomic E-state index is -0.958. The Bertz CT molecular complexity index is 819. The van der Waals surface area contributed by atoms with Crippen LogP contribution in [0.3, 0.4) is 0 Å². The molecule has 0 saturated heterocycles. The van der Waals surface area contributed by atoms with E-state index in [2.05, 4.69) is 10.6 Å². The molecule has 3 atom stereocenters. The lowest BCUT2D eigenvalue weighted by Crippen LogP contribution is -2.55. The fourth-order valence-electron chi connectivity index (χ4n) is 3.73. The monoisotopic (exact) mass is 477 g/mol. The molecule has 8 nitrogen and oxygen atoms in total. The lowest BCUT2D eigenvalue weighted by atomic mass is 9.98. The topological polar surface area (TPSA) is 108 Å². The van der Waals surface area contributed by atoms with Gasteiger partial charge in [0.1, 0.15) is 23.4 Å². The fraction of sp³-hybridized carbons (Fsp3) is 0.654. The van der Waals surface area contributed by atoms with Gasteiger partial charge in [0.2, 0.25) is 11.8 Å². The van der Waals surface area contributed by atoms with E-state index in [1.807, 2.05) is 34.6 Å². The first kappa shape index (κ1) is 29.3. The van der Waals surface area contributed by atoms with Gasteiger partial charge in [0.15, 0.2) is 0 Å². The third-order valence-electron chi connectivity index (χ3n) is 5.21. The Morgan fingerprint density at radius 2 is 1.71 bits per heavy atom. The van der Waals surface area contributed by atoms with Gasteiger partial charge in [-0.25, -0.2) is 4.79 Å². The number of phenols is 1. The Kier molecular flexibility index (Phi) is 11.4. The molecule has 0 heterocycles. The summed E-state index contributed by atoms with van der Waals surface area (Å²) >= 11 is 0. The SMILES string of the molecule is CCCC(C)NC(=O)C(c1cccc(O)c1)N(CCC)C(=O)C(NC(=O)OC(C)(C)C)C(C)C. The standard InChI is InChI=1S/C26H43N3O5/c1-9-12-18(5)27-23(31)22(19-13-11-14-20(30)16-19)29(15-10-2)24(32)21(17(3)4)28-25(33)34-26(6,7)8/h11,13-14,16-18,21-22,30H,9-10,12,15H2,1-8H3,(H,27,31)(H,28,33). The van der Waals surface area contributed by atoms with Crippen LogP contribution in [0.2, 0.25) is 0 Å². The van der Waals surface area contributed by atoms with Crippen molar-refractivity contribution in [2.75, 3.05) is 6.54 Å². The van der Waals surface area contributed by atoms with Crippen molar-refractivity contribution >= 4 is 17.9 Å². The summed E-state index contributed by atoms with van der Waals surface area (Å²) in [6, 6.07) is 4.46. The third kappa shape index (κ3) is 9.23. The molecule has 1 aromatic rings. The van der Waals surface area contributed by atoms with Crippen molar-refractivity contribution in [2.45, 2.75) is 98.4 Å². The number of nitrogens with zero attached hydrogens (tertiary/aromatic N) is 1. The second-order valence-electron chi connectivity index (χ2n) is 10.1. The van der Waals surface area contributed by atoms with Gasteiger partial charge < -0.3 is 25.4 Å². The number of nitrogens with one attached hydrogen (secondary N) is 2. The van der Waals surface area contributed by atoms with Crippen LogP contribution in [-0.2, 0) is 14.3 Å². The highest BCUT2D eigenvalue weighted by molar-refractivity contribution is 5.92. The van der Waals surface area contributed by atoms with Gasteiger partial charge in [0.05, 0.1) is 0 Å². The summed E-state index contributed by atoms with van der Waals surface area (Å²) < 4.78 is 5.36. The Morgan fingerprint density at radius 3 is 2.21 bits per heavy atom. The van der Waals surface area contributed by atoms with Gasteiger partial charge in [-0.1, -0.05) is 46.2 Å². The minimum Gasteiger partial charge on any atom is -0.508 e. The molecular weight excluding hydrogens is 434 g/mol. The summed E-state index contributed by atoms with van der Waals surface area (Å²) in [6.45, 7) is 15.1. The van der Waals surface area contributed by atoms with E-state index >= 15 is 0 Å². The van der Waals surface area contributed by atoms with Crippen molar-refractivity contribution in [3.05, 3.63) is 29.8 Å². The van der Waals surface area contributed by atoms with Crippen LogP contribution in [0, 0.1) is 5.92 Å². The number of alkyl carbamates (subject to hydrolysis) is 1. The van der Waals surface area contributed by atoms with Crippen molar-refractivity contribution in [1.29, 1.82) is 0 Å². The maximum atomic E-state index is 13.8. The van der Waals surface area contributed by atoms with E-state index in [1.165, 1.54) is 17.0 Å². The minimum absolute atomic E-state index is 0.00749. The van der Waals surface area contributed by atoms with Gasteiger partial charge in [0.25, 0.3) is 0 Å². The molecule has 1 aromatic carbocycles. The molecule has 0 aliphatic heterocycles. The predicted molar refractivity (Wildman–Crippen MR) is 133 cm³/mol. The Hall–Kier alpha value is -2.77. The van der Waals surface area contributed by atoms with Crippen LogP contribution in [0.5, 0.6) is 5.75 Å². The smallest absolute Gasteiger partial charge is 0.408 e. The van der Waals surface area contributed by atoms with Crippen molar-refractivity contribution in [3.8, 4) is 5.75 Å². The molecule has 0 fully saturated rings. The molecule has 192 valence electrons. The first-order valence-corrected chi connectivity index (χ1v) is 12.2. The van der Waals surface area contributed by atoms with E-state index in [0.29, 0.717) is 18.5 Å². The zero-order chi connectivity index (χ0) is 26.1. The van der Waals surface area contributed by atoms with Gasteiger partial charge in [0, 0.05) is 12.6 Å². The normalized spacial score (nSPS) is 14.1. The first-order valence-electron chi connectivity index (χ1n) is 12.2. The van der Waals surface area contributed by atoms with Crippen LogP contribution >= 0.6 is 0 Å². The number of rotatable bonds is 11. The van der Waals surface area contributed by atoms with Gasteiger partial charge in [-0.15, -0.1) is 0 Å². The molecule has 3 N–H and O–H groups in total. The molecule has 34 heavy (non-hydrogen) atoms. The zero-order valence-corrected chi connectivity index (χ0v) is 22.0. The van der Waals surface area contributed by atoms with E-state index in [0.717, 1.165) is 12.8 Å². The lowest BCUT2D eigenvalue weighted by molar-refractivity contribution is -0.143. The summed E-state index contributed by atoms with van der Waals surface area (Å²) in [5.74, 6) is -0.943. The van der Waals surface area contributed by atoms with Gasteiger partial charge >= 0.3 is 6.09 Å². The van der Waals surface area contributed by atoms with E-state index in [-0.39, 0.29) is 29.5 Å². The van der Waals surface area contributed by atoms with E-state index < -0.39 is 23.8 Å². The number of benzene rings is 1. The molecule has 3 unspecified atom stereocenters. The second kappa shape index (κ2) is 13.2. The largest absolute Gasteiger partial charge is 0.508 e. The Balaban J connectivity index is 3.39. The average molecular weight is 478 g/mol. The zero-order valence-electron chi connectivity index (χ0n) is 22.0. The first-order chi connectivity index (χ1) is 15.8. The lowest BCUT2D eigenvalue weighted by Gasteiger charge is -2.36. The summed E-state index contributed by atoms with van der Waals surface area (Å²) in [6.07, 6.45) is 1.63. The summed E-state index contributed by atoms with van der Waals surface area (Å²) in [5.41, 5.74) is -0.209. The molecule has 0 aliphatic carbocycles. The molecule has 8 heteroatoms. The number of aromatic hydroxyl groups is 1. The quantitative estimate of drug-likeness (QED) is 0.434. The summed E-state index contributed by atoms with van der Waals surface area (Å²) in [4.78, 5) is 41.2. The van der Waals surface area contributed by atoms with Crippen molar-refractivity contribution in [3.63, 3.8) is 0 Å². The molecule has 0 spiro atoms. The van der Waals surface area contributed by atoms with Crippen LogP contribution < -0.4 is 10.6 Å². The molecule has 1 rings (SSSR count).